The Morgan fingerprint density at radius 2 is 1.65 bits per heavy atom. The van der Waals surface area contributed by atoms with Crippen LogP contribution in [0, 0.1) is 0 Å². The summed E-state index contributed by atoms with van der Waals surface area (Å²) < 4.78 is 41.7. The molecule has 1 aromatic heterocycles. The van der Waals surface area contributed by atoms with Gasteiger partial charge in [-0.05, 0) is 17.7 Å². The summed E-state index contributed by atoms with van der Waals surface area (Å²) in [6.45, 7) is 0. The van der Waals surface area contributed by atoms with Gasteiger partial charge < -0.3 is 4.42 Å². The third-order valence-corrected chi connectivity index (χ3v) is 2.72. The Labute approximate surface area is 101 Å². The fourth-order valence-corrected chi connectivity index (χ4v) is 1.69. The number of alkyl halides is 4. The van der Waals surface area contributed by atoms with Gasteiger partial charge >= 0.3 is 6.18 Å². The molecule has 0 aliphatic rings. The molecule has 0 aliphatic carbocycles. The highest BCUT2D eigenvalue weighted by molar-refractivity contribution is 6.22. The zero-order valence-electron chi connectivity index (χ0n) is 8.54. The van der Waals surface area contributed by atoms with Crippen LogP contribution in [0.2, 0.25) is 0 Å². The second-order valence-corrected chi connectivity index (χ2v) is 3.91. The molecule has 0 aliphatic heterocycles. The summed E-state index contributed by atoms with van der Waals surface area (Å²) in [6.07, 6.45) is -4.48. The quantitative estimate of drug-likeness (QED) is 0.718. The van der Waals surface area contributed by atoms with Crippen LogP contribution in [0.5, 0.6) is 0 Å². The van der Waals surface area contributed by atoms with Crippen molar-refractivity contribution in [3.05, 3.63) is 59.5 Å². The van der Waals surface area contributed by atoms with E-state index in [0.29, 0.717) is 5.56 Å². The molecule has 0 bridgehead atoms. The van der Waals surface area contributed by atoms with E-state index in [4.69, 9.17) is 16.0 Å². The second-order valence-electron chi connectivity index (χ2n) is 3.47. The molecule has 2 rings (SSSR count). The fourth-order valence-electron chi connectivity index (χ4n) is 1.43. The maximum absolute atomic E-state index is 12.3. The van der Waals surface area contributed by atoms with Crippen molar-refractivity contribution < 1.29 is 17.6 Å². The number of hydrogen-bond acceptors (Lipinski definition) is 1. The number of rotatable bonds is 2. The third kappa shape index (κ3) is 2.64. The molecule has 0 saturated carbocycles. The molecule has 1 unspecified atom stereocenters. The van der Waals surface area contributed by atoms with E-state index < -0.39 is 17.3 Å². The van der Waals surface area contributed by atoms with Crippen LogP contribution >= 0.6 is 11.6 Å². The lowest BCUT2D eigenvalue weighted by atomic mass is 10.1. The maximum atomic E-state index is 12.3. The summed E-state index contributed by atoms with van der Waals surface area (Å²) >= 11 is 6.03. The molecule has 0 spiro atoms. The van der Waals surface area contributed by atoms with Gasteiger partial charge in [0.2, 0.25) is 5.76 Å². The highest BCUT2D eigenvalue weighted by Crippen LogP contribution is 2.35. The molecule has 0 N–H and O–H groups in total. The third-order valence-electron chi connectivity index (χ3n) is 2.25. The van der Waals surface area contributed by atoms with Gasteiger partial charge in [-0.3, -0.25) is 0 Å². The Bertz CT molecular complexity index is 490. The molecule has 5 heteroatoms. The zero-order valence-corrected chi connectivity index (χ0v) is 9.29. The molecule has 0 amide bonds. The lowest BCUT2D eigenvalue weighted by Gasteiger charge is -2.07. The van der Waals surface area contributed by atoms with Crippen molar-refractivity contribution in [2.75, 3.05) is 0 Å². The van der Waals surface area contributed by atoms with E-state index in [1.54, 1.807) is 30.3 Å². The molecule has 1 heterocycles. The van der Waals surface area contributed by atoms with E-state index >= 15 is 0 Å². The first-order valence-corrected chi connectivity index (χ1v) is 5.28. The molecule has 0 fully saturated rings. The molecule has 1 aromatic carbocycles. The normalized spacial score (nSPS) is 13.6. The first-order chi connectivity index (χ1) is 7.98. The summed E-state index contributed by atoms with van der Waals surface area (Å²) in [5.41, 5.74) is 0.692. The van der Waals surface area contributed by atoms with Crippen LogP contribution in [0.15, 0.2) is 46.9 Å². The first-order valence-electron chi connectivity index (χ1n) is 4.84. The van der Waals surface area contributed by atoms with Crippen molar-refractivity contribution in [2.45, 2.75) is 11.6 Å². The monoisotopic (exact) mass is 260 g/mol. The van der Waals surface area contributed by atoms with E-state index in [2.05, 4.69) is 0 Å². The molecule has 2 aromatic rings. The maximum Gasteiger partial charge on any atom is 0.449 e. The van der Waals surface area contributed by atoms with Crippen molar-refractivity contribution in [1.82, 2.24) is 0 Å². The van der Waals surface area contributed by atoms with Gasteiger partial charge in [0.05, 0.1) is 0 Å². The minimum Gasteiger partial charge on any atom is -0.455 e. The first kappa shape index (κ1) is 12.0. The van der Waals surface area contributed by atoms with E-state index in [-0.39, 0.29) is 5.76 Å². The van der Waals surface area contributed by atoms with Gasteiger partial charge in [0.15, 0.2) is 0 Å². The molecule has 17 heavy (non-hydrogen) atoms. The largest absolute Gasteiger partial charge is 0.455 e. The Morgan fingerprint density at radius 1 is 1.00 bits per heavy atom. The predicted octanol–water partition coefficient (Wildman–Crippen LogP) is 4.63. The SMILES string of the molecule is FC(F)(F)c1ccc(C(Cl)c2ccccc2)o1. The molecule has 90 valence electrons. The predicted molar refractivity (Wildman–Crippen MR) is 57.8 cm³/mol. The highest BCUT2D eigenvalue weighted by Gasteiger charge is 2.35. The van der Waals surface area contributed by atoms with Gasteiger partial charge in [0, 0.05) is 0 Å². The van der Waals surface area contributed by atoms with Crippen LogP contribution in [-0.4, -0.2) is 0 Å². The smallest absolute Gasteiger partial charge is 0.449 e. The van der Waals surface area contributed by atoms with Crippen molar-refractivity contribution in [3.8, 4) is 0 Å². The van der Waals surface area contributed by atoms with E-state index in [9.17, 15) is 13.2 Å². The number of benzene rings is 1. The Hall–Kier alpha value is -1.42. The average Bonchev–Trinajstić information content (AvgIpc) is 2.78. The molecule has 1 nitrogen and oxygen atoms in total. The Balaban J connectivity index is 2.27. The van der Waals surface area contributed by atoms with E-state index in [0.717, 1.165) is 6.07 Å². The summed E-state index contributed by atoms with van der Waals surface area (Å²) in [7, 11) is 0. The Morgan fingerprint density at radius 3 is 2.18 bits per heavy atom. The molecule has 1 atom stereocenters. The minimum absolute atomic E-state index is 0.0881. The van der Waals surface area contributed by atoms with Gasteiger partial charge in [-0.15, -0.1) is 11.6 Å². The van der Waals surface area contributed by atoms with Gasteiger partial charge in [-0.2, -0.15) is 13.2 Å². The lowest BCUT2D eigenvalue weighted by molar-refractivity contribution is -0.153. The van der Waals surface area contributed by atoms with Crippen molar-refractivity contribution in [1.29, 1.82) is 0 Å². The summed E-state index contributed by atoms with van der Waals surface area (Å²) in [5.74, 6) is -0.945. The zero-order chi connectivity index (χ0) is 12.5. The van der Waals surface area contributed by atoms with Crippen LogP contribution in [0.3, 0.4) is 0 Å². The topological polar surface area (TPSA) is 13.1 Å². The average molecular weight is 261 g/mol. The van der Waals surface area contributed by atoms with Crippen LogP contribution in [0.25, 0.3) is 0 Å². The van der Waals surface area contributed by atoms with Gasteiger partial charge in [0.1, 0.15) is 11.1 Å². The highest BCUT2D eigenvalue weighted by atomic mass is 35.5. The minimum atomic E-state index is -4.48. The van der Waals surface area contributed by atoms with Crippen LogP contribution < -0.4 is 0 Å². The van der Waals surface area contributed by atoms with Crippen LogP contribution in [0.4, 0.5) is 13.2 Å². The van der Waals surface area contributed by atoms with E-state index in [1.807, 2.05) is 0 Å². The molecule has 0 saturated heterocycles. The lowest BCUT2D eigenvalue weighted by Crippen LogP contribution is -2.02. The van der Waals surface area contributed by atoms with Crippen LogP contribution in [0.1, 0.15) is 22.5 Å². The summed E-state index contributed by atoms with van der Waals surface area (Å²) in [4.78, 5) is 0. The standard InChI is InChI=1S/C12H8ClF3O/c13-11(8-4-2-1-3-5-8)9-6-7-10(17-9)12(14,15)16/h1-7,11H. The van der Waals surface area contributed by atoms with Crippen LogP contribution in [-0.2, 0) is 6.18 Å². The van der Waals surface area contributed by atoms with Gasteiger partial charge in [0.25, 0.3) is 0 Å². The Kier molecular flexibility index (Phi) is 3.15. The number of hydrogen-bond donors (Lipinski definition) is 0. The number of halogens is 4. The van der Waals surface area contributed by atoms with Gasteiger partial charge in [-0.1, -0.05) is 30.3 Å². The van der Waals surface area contributed by atoms with Crippen molar-refractivity contribution in [3.63, 3.8) is 0 Å². The second kappa shape index (κ2) is 4.45. The molecule has 0 radical (unpaired) electrons. The van der Waals surface area contributed by atoms with Gasteiger partial charge in [-0.25, -0.2) is 0 Å². The fraction of sp³-hybridized carbons (Fsp3) is 0.167. The number of furan rings is 1. The van der Waals surface area contributed by atoms with E-state index in [1.165, 1.54) is 6.07 Å². The molecular formula is C12H8ClF3O. The van der Waals surface area contributed by atoms with Crippen molar-refractivity contribution >= 4 is 11.6 Å². The van der Waals surface area contributed by atoms with Crippen molar-refractivity contribution in [2.24, 2.45) is 0 Å². The summed E-state index contributed by atoms with van der Waals surface area (Å²) in [6, 6.07) is 10.9. The molecular weight excluding hydrogens is 253 g/mol. The summed E-state index contributed by atoms with van der Waals surface area (Å²) in [5, 5.41) is -0.715.